The summed E-state index contributed by atoms with van der Waals surface area (Å²) in [6.45, 7) is 5.17. The molecule has 4 nitrogen and oxygen atoms in total. The molecule has 1 amide bonds. The average Bonchev–Trinajstić information content (AvgIpc) is 2.43. The first-order valence-corrected chi connectivity index (χ1v) is 7.86. The number of carbonyl (C=O) groups excluding carboxylic acids is 1. The van der Waals surface area contributed by atoms with Crippen LogP contribution in [0.4, 0.5) is 5.69 Å². The summed E-state index contributed by atoms with van der Waals surface area (Å²) in [5.74, 6) is 0.668. The Hall–Kier alpha value is -0.620. The van der Waals surface area contributed by atoms with E-state index in [4.69, 9.17) is 5.73 Å². The molecule has 1 aliphatic rings. The Kier molecular flexibility index (Phi) is 7.66. The van der Waals surface area contributed by atoms with E-state index >= 15 is 0 Å². The summed E-state index contributed by atoms with van der Waals surface area (Å²) in [5, 5.41) is 2.96. The second-order valence-electron chi connectivity index (χ2n) is 5.49. The van der Waals surface area contributed by atoms with E-state index in [1.54, 1.807) is 0 Å². The van der Waals surface area contributed by atoms with E-state index in [0.717, 1.165) is 42.6 Å². The fourth-order valence-corrected chi connectivity index (χ4v) is 3.09. The number of nitrogens with one attached hydrogen (secondary N) is 1. The lowest BCUT2D eigenvalue weighted by Crippen LogP contribution is -2.40. The topological polar surface area (TPSA) is 58.4 Å². The van der Waals surface area contributed by atoms with Crippen LogP contribution in [0.1, 0.15) is 18.4 Å². The van der Waals surface area contributed by atoms with Gasteiger partial charge in [-0.15, -0.1) is 12.4 Å². The average molecular weight is 377 g/mol. The van der Waals surface area contributed by atoms with Crippen molar-refractivity contribution in [2.75, 3.05) is 31.5 Å². The van der Waals surface area contributed by atoms with E-state index < -0.39 is 0 Å². The highest BCUT2D eigenvalue weighted by Gasteiger charge is 2.19. The third-order valence-electron chi connectivity index (χ3n) is 3.81. The van der Waals surface area contributed by atoms with Crippen LogP contribution in [0.2, 0.25) is 0 Å². The van der Waals surface area contributed by atoms with E-state index in [1.165, 1.54) is 5.56 Å². The van der Waals surface area contributed by atoms with Crippen molar-refractivity contribution in [2.45, 2.75) is 19.8 Å². The summed E-state index contributed by atoms with van der Waals surface area (Å²) >= 11 is 3.48. The van der Waals surface area contributed by atoms with Gasteiger partial charge in [0.2, 0.25) is 5.91 Å². The Labute approximate surface area is 141 Å². The smallest absolute Gasteiger partial charge is 0.238 e. The number of amides is 1. The van der Waals surface area contributed by atoms with Gasteiger partial charge in [0, 0.05) is 4.47 Å². The molecule has 0 bridgehead atoms. The van der Waals surface area contributed by atoms with Crippen LogP contribution in [0, 0.1) is 12.8 Å². The maximum Gasteiger partial charge on any atom is 0.238 e. The number of aryl methyl sites for hydroxylation is 1. The molecule has 3 N–H and O–H groups in total. The van der Waals surface area contributed by atoms with Gasteiger partial charge < -0.3 is 11.1 Å². The van der Waals surface area contributed by atoms with E-state index in [2.05, 4.69) is 26.1 Å². The Morgan fingerprint density at radius 2 is 2.10 bits per heavy atom. The first-order valence-electron chi connectivity index (χ1n) is 7.07. The molecule has 1 fully saturated rings. The number of halogens is 2. The molecule has 0 aromatic heterocycles. The van der Waals surface area contributed by atoms with Gasteiger partial charge in [0.1, 0.15) is 0 Å². The maximum absolute atomic E-state index is 12.1. The minimum atomic E-state index is 0. The van der Waals surface area contributed by atoms with Crippen molar-refractivity contribution in [2.24, 2.45) is 11.7 Å². The molecule has 0 spiro atoms. The molecule has 1 aromatic carbocycles. The number of benzene rings is 1. The van der Waals surface area contributed by atoms with Crippen molar-refractivity contribution in [3.05, 3.63) is 28.2 Å². The summed E-state index contributed by atoms with van der Waals surface area (Å²) in [6, 6.07) is 5.92. The number of anilines is 1. The zero-order chi connectivity index (χ0) is 14.5. The lowest BCUT2D eigenvalue weighted by molar-refractivity contribution is -0.117. The second kappa shape index (κ2) is 8.73. The molecule has 1 aliphatic heterocycles. The number of carbonyl (C=O) groups is 1. The zero-order valence-electron chi connectivity index (χ0n) is 12.3. The summed E-state index contributed by atoms with van der Waals surface area (Å²) in [4.78, 5) is 14.3. The van der Waals surface area contributed by atoms with E-state index in [-0.39, 0.29) is 18.3 Å². The molecule has 0 unspecified atom stereocenters. The van der Waals surface area contributed by atoms with Gasteiger partial charge in [0.15, 0.2) is 0 Å². The van der Waals surface area contributed by atoms with E-state index in [1.807, 2.05) is 25.1 Å². The first kappa shape index (κ1) is 18.4. The van der Waals surface area contributed by atoms with Gasteiger partial charge in [0.25, 0.3) is 0 Å². The second-order valence-corrected chi connectivity index (χ2v) is 6.34. The SMILES string of the molecule is Cc1ccc(NC(=O)CN2CCC(CN)CC2)c(Br)c1.Cl. The predicted molar refractivity (Wildman–Crippen MR) is 93.0 cm³/mol. The molecule has 1 saturated heterocycles. The van der Waals surface area contributed by atoms with Crippen molar-refractivity contribution in [1.82, 2.24) is 4.90 Å². The third-order valence-corrected chi connectivity index (χ3v) is 4.46. The van der Waals surface area contributed by atoms with Crippen LogP contribution in [0.5, 0.6) is 0 Å². The summed E-state index contributed by atoms with van der Waals surface area (Å²) < 4.78 is 0.924. The monoisotopic (exact) mass is 375 g/mol. The quantitative estimate of drug-likeness (QED) is 0.849. The Bertz CT molecular complexity index is 476. The normalized spacial score (nSPS) is 16.3. The van der Waals surface area contributed by atoms with Gasteiger partial charge in [-0.1, -0.05) is 6.07 Å². The number of nitrogens with zero attached hydrogens (tertiary/aromatic N) is 1. The highest BCUT2D eigenvalue weighted by molar-refractivity contribution is 9.10. The van der Waals surface area contributed by atoms with Gasteiger partial charge in [-0.2, -0.15) is 0 Å². The minimum Gasteiger partial charge on any atom is -0.330 e. The van der Waals surface area contributed by atoms with Crippen molar-refractivity contribution in [3.8, 4) is 0 Å². The Morgan fingerprint density at radius 1 is 1.43 bits per heavy atom. The highest BCUT2D eigenvalue weighted by atomic mass is 79.9. The summed E-state index contributed by atoms with van der Waals surface area (Å²) in [6.07, 6.45) is 2.19. The summed E-state index contributed by atoms with van der Waals surface area (Å²) in [7, 11) is 0. The fraction of sp³-hybridized carbons (Fsp3) is 0.533. The number of piperidine rings is 1. The lowest BCUT2D eigenvalue weighted by Gasteiger charge is -2.30. The highest BCUT2D eigenvalue weighted by Crippen LogP contribution is 2.23. The molecule has 0 aliphatic carbocycles. The van der Waals surface area contributed by atoms with Crippen LogP contribution in [0.25, 0.3) is 0 Å². The lowest BCUT2D eigenvalue weighted by atomic mass is 9.97. The first-order chi connectivity index (χ1) is 9.58. The number of likely N-dealkylation sites (tertiary alicyclic amines) is 1. The predicted octanol–water partition coefficient (Wildman–Crippen LogP) is 2.79. The van der Waals surface area contributed by atoms with Crippen LogP contribution in [0.15, 0.2) is 22.7 Å². The molecule has 0 saturated carbocycles. The van der Waals surface area contributed by atoms with Gasteiger partial charge in [-0.25, -0.2) is 0 Å². The van der Waals surface area contributed by atoms with Gasteiger partial charge >= 0.3 is 0 Å². The zero-order valence-corrected chi connectivity index (χ0v) is 14.7. The molecule has 2 rings (SSSR count). The fourth-order valence-electron chi connectivity index (χ4n) is 2.49. The van der Waals surface area contributed by atoms with Crippen molar-refractivity contribution in [3.63, 3.8) is 0 Å². The van der Waals surface area contributed by atoms with E-state index in [0.29, 0.717) is 12.5 Å². The van der Waals surface area contributed by atoms with Crippen LogP contribution in [0.3, 0.4) is 0 Å². The van der Waals surface area contributed by atoms with Crippen LogP contribution in [-0.2, 0) is 4.79 Å². The van der Waals surface area contributed by atoms with Crippen molar-refractivity contribution < 1.29 is 4.79 Å². The summed E-state index contributed by atoms with van der Waals surface area (Å²) in [5.41, 5.74) is 7.67. The Balaban J connectivity index is 0.00000220. The number of nitrogens with two attached hydrogens (primary N) is 1. The number of hydrogen-bond donors (Lipinski definition) is 2. The van der Waals surface area contributed by atoms with Gasteiger partial charge in [-0.05, 0) is 78.9 Å². The van der Waals surface area contributed by atoms with Gasteiger partial charge in [0.05, 0.1) is 12.2 Å². The standard InChI is InChI=1S/C15H22BrN3O.ClH/c1-11-2-3-14(13(16)8-11)18-15(20)10-19-6-4-12(9-17)5-7-19;/h2-3,8,12H,4-7,9-10,17H2,1H3,(H,18,20);1H. The molecular formula is C15H23BrClN3O. The minimum absolute atomic E-state index is 0. The molecule has 1 heterocycles. The third kappa shape index (κ3) is 5.58. The molecule has 6 heteroatoms. The Morgan fingerprint density at radius 3 is 2.67 bits per heavy atom. The number of rotatable bonds is 4. The van der Waals surface area contributed by atoms with Crippen LogP contribution >= 0.6 is 28.3 Å². The number of hydrogen-bond acceptors (Lipinski definition) is 3. The molecule has 1 aromatic rings. The van der Waals surface area contributed by atoms with Crippen LogP contribution in [-0.4, -0.2) is 37.0 Å². The van der Waals surface area contributed by atoms with Crippen LogP contribution < -0.4 is 11.1 Å². The molecule has 0 atom stereocenters. The maximum atomic E-state index is 12.1. The molecular weight excluding hydrogens is 354 g/mol. The van der Waals surface area contributed by atoms with E-state index in [9.17, 15) is 4.79 Å². The molecule has 21 heavy (non-hydrogen) atoms. The van der Waals surface area contributed by atoms with Crippen molar-refractivity contribution >= 4 is 39.9 Å². The molecule has 118 valence electrons. The molecule has 0 radical (unpaired) electrons. The van der Waals surface area contributed by atoms with Crippen molar-refractivity contribution in [1.29, 1.82) is 0 Å². The largest absolute Gasteiger partial charge is 0.330 e. The van der Waals surface area contributed by atoms with Gasteiger partial charge in [-0.3, -0.25) is 9.69 Å².